The second-order valence-electron chi connectivity index (χ2n) is 5.13. The molecule has 0 spiro atoms. The lowest BCUT2D eigenvalue weighted by molar-refractivity contribution is -0.0616. The van der Waals surface area contributed by atoms with Gasteiger partial charge in [0.25, 0.3) is 0 Å². The molecule has 1 N–H and O–H groups in total. The summed E-state index contributed by atoms with van der Waals surface area (Å²) in [5.41, 5.74) is -0.495. The monoisotopic (exact) mass is 302 g/mol. The van der Waals surface area contributed by atoms with Gasteiger partial charge in [-0.05, 0) is 45.6 Å². The fourth-order valence-corrected chi connectivity index (χ4v) is 4.33. The van der Waals surface area contributed by atoms with Gasteiger partial charge in [-0.2, -0.15) is 0 Å². The van der Waals surface area contributed by atoms with Crippen LogP contribution in [-0.2, 0) is 6.42 Å². The fourth-order valence-electron chi connectivity index (χ4n) is 2.72. The number of halogens is 1. The fraction of sp³-hybridized carbons (Fsp3) is 0.692. The van der Waals surface area contributed by atoms with E-state index in [9.17, 15) is 5.11 Å². The van der Waals surface area contributed by atoms with Crippen LogP contribution in [0.5, 0.6) is 0 Å². The Bertz CT molecular complexity index is 363. The minimum Gasteiger partial charge on any atom is -0.389 e. The third kappa shape index (κ3) is 2.36. The highest BCUT2D eigenvalue weighted by atomic mass is 79.9. The summed E-state index contributed by atoms with van der Waals surface area (Å²) in [6, 6.07) is 2.07. The molecule has 2 rings (SSSR count). The summed E-state index contributed by atoms with van der Waals surface area (Å²) in [6.07, 6.45) is 4.17. The smallest absolute Gasteiger partial charge is 0.0724 e. The molecule has 16 heavy (non-hydrogen) atoms. The van der Waals surface area contributed by atoms with Crippen molar-refractivity contribution < 1.29 is 5.11 Å². The zero-order chi connectivity index (χ0) is 11.8. The Morgan fingerprint density at radius 2 is 2.31 bits per heavy atom. The summed E-state index contributed by atoms with van der Waals surface area (Å²) in [4.78, 5) is 1.28. The standard InChI is InChI=1S/C13H19BrOS/c1-9-4-3-6-13(15,10(9)2)8-12-11(14)5-7-16-12/h5,7,9-10,15H,3-4,6,8H2,1-2H3. The van der Waals surface area contributed by atoms with Crippen LogP contribution in [0.1, 0.15) is 38.0 Å². The van der Waals surface area contributed by atoms with Gasteiger partial charge in [-0.3, -0.25) is 0 Å². The first-order chi connectivity index (χ1) is 7.53. The lowest BCUT2D eigenvalue weighted by Gasteiger charge is -2.42. The van der Waals surface area contributed by atoms with Gasteiger partial charge in [0, 0.05) is 15.8 Å². The van der Waals surface area contributed by atoms with Crippen LogP contribution < -0.4 is 0 Å². The van der Waals surface area contributed by atoms with E-state index in [1.54, 1.807) is 11.3 Å². The Morgan fingerprint density at radius 1 is 1.56 bits per heavy atom. The maximum absolute atomic E-state index is 10.8. The molecule has 0 aromatic carbocycles. The molecule has 0 bridgehead atoms. The summed E-state index contributed by atoms with van der Waals surface area (Å²) in [5.74, 6) is 1.03. The maximum Gasteiger partial charge on any atom is 0.0724 e. The first-order valence-corrected chi connectivity index (χ1v) is 7.64. The van der Waals surface area contributed by atoms with Crippen molar-refractivity contribution in [2.75, 3.05) is 0 Å². The van der Waals surface area contributed by atoms with Crippen LogP contribution >= 0.6 is 27.3 Å². The van der Waals surface area contributed by atoms with Crippen LogP contribution in [0.2, 0.25) is 0 Å². The molecule has 3 atom stereocenters. The quantitative estimate of drug-likeness (QED) is 0.866. The summed E-state index contributed by atoms with van der Waals surface area (Å²) in [6.45, 7) is 4.46. The molecule has 1 nitrogen and oxygen atoms in total. The molecule has 1 aliphatic rings. The molecule has 1 saturated carbocycles. The highest BCUT2D eigenvalue weighted by Gasteiger charge is 2.40. The van der Waals surface area contributed by atoms with E-state index in [1.165, 1.54) is 11.3 Å². The van der Waals surface area contributed by atoms with Gasteiger partial charge >= 0.3 is 0 Å². The van der Waals surface area contributed by atoms with Gasteiger partial charge in [0.15, 0.2) is 0 Å². The van der Waals surface area contributed by atoms with Crippen LogP contribution in [-0.4, -0.2) is 10.7 Å². The topological polar surface area (TPSA) is 20.2 Å². The molecule has 1 fully saturated rings. The van der Waals surface area contributed by atoms with E-state index in [2.05, 4.69) is 41.2 Å². The normalized spacial score (nSPS) is 35.2. The molecule has 0 amide bonds. The molecule has 90 valence electrons. The minimum atomic E-state index is -0.495. The van der Waals surface area contributed by atoms with E-state index < -0.39 is 5.60 Å². The van der Waals surface area contributed by atoms with Crippen LogP contribution in [0.3, 0.4) is 0 Å². The number of hydrogen-bond donors (Lipinski definition) is 1. The van der Waals surface area contributed by atoms with Gasteiger partial charge in [0.1, 0.15) is 0 Å². The van der Waals surface area contributed by atoms with E-state index in [4.69, 9.17) is 0 Å². The van der Waals surface area contributed by atoms with Gasteiger partial charge in [-0.25, -0.2) is 0 Å². The summed E-state index contributed by atoms with van der Waals surface area (Å²) >= 11 is 5.29. The predicted molar refractivity (Wildman–Crippen MR) is 72.9 cm³/mol. The molecule has 1 heterocycles. The molecule has 0 saturated heterocycles. The highest BCUT2D eigenvalue weighted by Crippen LogP contribution is 2.41. The van der Waals surface area contributed by atoms with Crippen LogP contribution in [0.15, 0.2) is 15.9 Å². The van der Waals surface area contributed by atoms with E-state index in [0.29, 0.717) is 11.8 Å². The number of rotatable bonds is 2. The Balaban J connectivity index is 2.15. The van der Waals surface area contributed by atoms with Crippen molar-refractivity contribution in [2.45, 2.75) is 45.1 Å². The lowest BCUT2D eigenvalue weighted by Crippen LogP contribution is -2.44. The second kappa shape index (κ2) is 4.79. The van der Waals surface area contributed by atoms with Crippen LogP contribution in [0.25, 0.3) is 0 Å². The highest BCUT2D eigenvalue weighted by molar-refractivity contribution is 9.10. The Kier molecular flexibility index (Phi) is 3.77. The molecule has 1 aromatic rings. The van der Waals surface area contributed by atoms with Crippen molar-refractivity contribution in [3.63, 3.8) is 0 Å². The zero-order valence-corrected chi connectivity index (χ0v) is 12.3. The van der Waals surface area contributed by atoms with Crippen LogP contribution in [0.4, 0.5) is 0 Å². The molecular weight excluding hydrogens is 284 g/mol. The largest absolute Gasteiger partial charge is 0.389 e. The van der Waals surface area contributed by atoms with Crippen molar-refractivity contribution in [3.8, 4) is 0 Å². The zero-order valence-electron chi connectivity index (χ0n) is 9.87. The third-order valence-electron chi connectivity index (χ3n) is 4.13. The first-order valence-electron chi connectivity index (χ1n) is 5.97. The average molecular weight is 303 g/mol. The van der Waals surface area contributed by atoms with Crippen molar-refractivity contribution in [1.82, 2.24) is 0 Å². The Labute approximate surface area is 110 Å². The average Bonchev–Trinajstić information content (AvgIpc) is 2.61. The van der Waals surface area contributed by atoms with Gasteiger partial charge in [-0.1, -0.05) is 26.7 Å². The Morgan fingerprint density at radius 3 is 2.94 bits per heavy atom. The van der Waals surface area contributed by atoms with E-state index >= 15 is 0 Å². The molecule has 3 unspecified atom stereocenters. The van der Waals surface area contributed by atoms with Crippen molar-refractivity contribution in [1.29, 1.82) is 0 Å². The molecule has 1 aromatic heterocycles. The SMILES string of the molecule is CC1CCCC(O)(Cc2sccc2Br)C1C. The van der Waals surface area contributed by atoms with E-state index in [0.717, 1.165) is 23.7 Å². The van der Waals surface area contributed by atoms with Crippen LogP contribution in [0, 0.1) is 11.8 Å². The molecule has 0 radical (unpaired) electrons. The molecular formula is C13H19BrOS. The van der Waals surface area contributed by atoms with E-state index in [-0.39, 0.29) is 0 Å². The summed E-state index contributed by atoms with van der Waals surface area (Å²) < 4.78 is 1.15. The Hall–Kier alpha value is 0.140. The van der Waals surface area contributed by atoms with Gasteiger partial charge in [-0.15, -0.1) is 11.3 Å². The number of hydrogen-bond acceptors (Lipinski definition) is 2. The summed E-state index contributed by atoms with van der Waals surface area (Å²) in [7, 11) is 0. The maximum atomic E-state index is 10.8. The predicted octanol–water partition coefficient (Wildman–Crippen LogP) is 4.24. The second-order valence-corrected chi connectivity index (χ2v) is 6.99. The van der Waals surface area contributed by atoms with Gasteiger partial charge < -0.3 is 5.11 Å². The van der Waals surface area contributed by atoms with Gasteiger partial charge in [0.05, 0.1) is 5.60 Å². The third-order valence-corrected chi connectivity index (χ3v) is 6.05. The molecule has 0 aliphatic heterocycles. The first kappa shape index (κ1) is 12.6. The minimum absolute atomic E-state index is 0.398. The van der Waals surface area contributed by atoms with E-state index in [1.807, 2.05) is 0 Å². The molecule has 1 aliphatic carbocycles. The number of aliphatic hydroxyl groups is 1. The van der Waals surface area contributed by atoms with Crippen molar-refractivity contribution >= 4 is 27.3 Å². The van der Waals surface area contributed by atoms with Gasteiger partial charge in [0.2, 0.25) is 0 Å². The van der Waals surface area contributed by atoms with Crippen molar-refractivity contribution in [3.05, 3.63) is 20.8 Å². The number of thiophene rings is 1. The summed E-state index contributed by atoms with van der Waals surface area (Å²) in [5, 5.41) is 12.9. The lowest BCUT2D eigenvalue weighted by atomic mass is 9.69. The van der Waals surface area contributed by atoms with Crippen molar-refractivity contribution in [2.24, 2.45) is 11.8 Å². The molecule has 3 heteroatoms.